The van der Waals surface area contributed by atoms with Gasteiger partial charge in [0.1, 0.15) is 0 Å². The van der Waals surface area contributed by atoms with E-state index < -0.39 is 18.8 Å². The van der Waals surface area contributed by atoms with E-state index >= 15 is 0 Å². The summed E-state index contributed by atoms with van der Waals surface area (Å²) in [6.45, 7) is 0.564. The van der Waals surface area contributed by atoms with Crippen molar-refractivity contribution in [2.75, 3.05) is 0 Å². The van der Waals surface area contributed by atoms with Gasteiger partial charge < -0.3 is 14.5 Å². The van der Waals surface area contributed by atoms with Crippen molar-refractivity contribution in [2.24, 2.45) is 0 Å². The van der Waals surface area contributed by atoms with Crippen molar-refractivity contribution in [1.29, 1.82) is 0 Å². The number of benzene rings is 2. The molecule has 8 heteroatoms. The first-order valence-corrected chi connectivity index (χ1v) is 8.96. The number of rotatable bonds is 6. The highest BCUT2D eigenvalue weighted by atomic mass is 79.9. The lowest BCUT2D eigenvalue weighted by Gasteiger charge is -2.19. The molecule has 0 aliphatic heterocycles. The van der Waals surface area contributed by atoms with Gasteiger partial charge in [-0.05, 0) is 17.2 Å². The minimum absolute atomic E-state index is 0.0772. The Morgan fingerprint density at radius 1 is 1.04 bits per heavy atom. The lowest BCUT2D eigenvalue weighted by Crippen LogP contribution is -2.14. The summed E-state index contributed by atoms with van der Waals surface area (Å²) in [5, 5.41) is 0. The molecule has 2 rings (SSSR count). The van der Waals surface area contributed by atoms with Gasteiger partial charge >= 0.3 is 13.3 Å². The Balaban J connectivity index is 2.06. The summed E-state index contributed by atoms with van der Waals surface area (Å²) in [5.74, 6) is 0. The summed E-state index contributed by atoms with van der Waals surface area (Å²) < 4.78 is 43.7. The van der Waals surface area contributed by atoms with Crippen LogP contribution in [0.4, 0.5) is 8.78 Å². The maximum absolute atomic E-state index is 13.7. The van der Waals surface area contributed by atoms with Gasteiger partial charge in [0, 0.05) is 10.0 Å². The van der Waals surface area contributed by atoms with E-state index in [2.05, 4.69) is 15.9 Å². The van der Waals surface area contributed by atoms with Crippen LogP contribution >= 0.6 is 23.5 Å². The monoisotopic (exact) mass is 406 g/mol. The zero-order chi connectivity index (χ0) is 17.1. The van der Waals surface area contributed by atoms with Gasteiger partial charge in [-0.15, -0.1) is 0 Å². The molecule has 0 saturated carbocycles. The summed E-state index contributed by atoms with van der Waals surface area (Å²) in [6, 6.07) is 13.2. The zero-order valence-electron chi connectivity index (χ0n) is 11.8. The van der Waals surface area contributed by atoms with E-state index in [1.54, 1.807) is 0 Å². The van der Waals surface area contributed by atoms with Crippen LogP contribution in [-0.4, -0.2) is 9.79 Å². The first-order valence-electron chi connectivity index (χ1n) is 6.56. The van der Waals surface area contributed by atoms with E-state index in [9.17, 15) is 13.3 Å². The fourth-order valence-electron chi connectivity index (χ4n) is 1.91. The van der Waals surface area contributed by atoms with Gasteiger partial charge in [0.15, 0.2) is 0 Å². The van der Waals surface area contributed by atoms with E-state index in [1.165, 1.54) is 12.1 Å². The van der Waals surface area contributed by atoms with Crippen molar-refractivity contribution in [3.8, 4) is 0 Å². The second kappa shape index (κ2) is 7.20. The van der Waals surface area contributed by atoms with Crippen molar-refractivity contribution in [3.63, 3.8) is 0 Å². The number of hydrogen-bond acceptors (Lipinski definition) is 2. The number of hydrogen-bond donors (Lipinski definition) is 2. The van der Waals surface area contributed by atoms with Crippen LogP contribution in [0.25, 0.3) is 0 Å². The van der Waals surface area contributed by atoms with E-state index in [4.69, 9.17) is 14.5 Å². The predicted octanol–water partition coefficient (Wildman–Crippen LogP) is 4.39. The highest BCUT2D eigenvalue weighted by Gasteiger charge is 2.51. The molecule has 0 aromatic heterocycles. The molecule has 4 nitrogen and oxygen atoms in total. The molecule has 0 heterocycles. The van der Waals surface area contributed by atoms with Crippen molar-refractivity contribution in [3.05, 3.63) is 69.7 Å². The molecule has 0 aliphatic rings. The van der Waals surface area contributed by atoms with Crippen molar-refractivity contribution >= 4 is 23.5 Å². The first-order chi connectivity index (χ1) is 10.7. The molecular weight excluding hydrogens is 393 g/mol. The fraction of sp³-hybridized carbons (Fsp3) is 0.200. The Labute approximate surface area is 140 Å². The van der Waals surface area contributed by atoms with E-state index in [-0.39, 0.29) is 11.1 Å². The van der Waals surface area contributed by atoms with Gasteiger partial charge in [-0.1, -0.05) is 58.4 Å². The SMILES string of the molecule is O=P(O)(O)C(F)(F)c1ccc(COCc2ccccc2)cc1Br. The highest BCUT2D eigenvalue weighted by Crippen LogP contribution is 2.60. The van der Waals surface area contributed by atoms with Crippen LogP contribution in [-0.2, 0) is 28.2 Å². The minimum Gasteiger partial charge on any atom is -0.372 e. The summed E-state index contributed by atoms with van der Waals surface area (Å²) >= 11 is 2.93. The van der Waals surface area contributed by atoms with Crippen LogP contribution < -0.4 is 0 Å². The van der Waals surface area contributed by atoms with Crippen molar-refractivity contribution in [2.45, 2.75) is 18.9 Å². The smallest absolute Gasteiger partial charge is 0.372 e. The second-order valence-corrected chi connectivity index (χ2v) is 7.38. The second-order valence-electron chi connectivity index (χ2n) is 4.88. The minimum atomic E-state index is -5.59. The third-order valence-electron chi connectivity index (χ3n) is 3.10. The van der Waals surface area contributed by atoms with Crippen molar-refractivity contribution < 1.29 is 27.9 Å². The Morgan fingerprint density at radius 3 is 2.22 bits per heavy atom. The molecule has 0 bridgehead atoms. The highest BCUT2D eigenvalue weighted by molar-refractivity contribution is 9.10. The first kappa shape index (κ1) is 18.2. The van der Waals surface area contributed by atoms with Crippen LogP contribution in [0.2, 0.25) is 0 Å². The molecule has 2 N–H and O–H groups in total. The van der Waals surface area contributed by atoms with Gasteiger partial charge in [-0.3, -0.25) is 4.57 Å². The zero-order valence-corrected chi connectivity index (χ0v) is 14.3. The number of alkyl halides is 2. The molecule has 2 aromatic rings. The normalized spacial score (nSPS) is 12.4. The maximum atomic E-state index is 13.7. The average molecular weight is 407 g/mol. The Hall–Kier alpha value is -1.11. The largest absolute Gasteiger partial charge is 0.399 e. The molecule has 0 fully saturated rings. The van der Waals surface area contributed by atoms with Gasteiger partial charge in [-0.25, -0.2) is 0 Å². The molecule has 0 radical (unpaired) electrons. The quantitative estimate of drug-likeness (QED) is 0.698. The average Bonchev–Trinajstić information content (AvgIpc) is 2.47. The summed E-state index contributed by atoms with van der Waals surface area (Å²) in [5.41, 5.74) is -3.40. The van der Waals surface area contributed by atoms with Crippen LogP contribution in [0.1, 0.15) is 16.7 Å². The van der Waals surface area contributed by atoms with Gasteiger partial charge in [0.2, 0.25) is 0 Å². The van der Waals surface area contributed by atoms with Gasteiger partial charge in [0.25, 0.3) is 0 Å². The van der Waals surface area contributed by atoms with Crippen LogP contribution in [0, 0.1) is 0 Å². The number of halogens is 3. The summed E-state index contributed by atoms with van der Waals surface area (Å²) in [4.78, 5) is 17.6. The Kier molecular flexibility index (Phi) is 5.70. The molecule has 0 spiro atoms. The summed E-state index contributed by atoms with van der Waals surface area (Å²) in [7, 11) is -5.59. The van der Waals surface area contributed by atoms with Crippen LogP contribution in [0.15, 0.2) is 53.0 Å². The Morgan fingerprint density at radius 2 is 1.65 bits per heavy atom. The molecule has 0 aliphatic carbocycles. The fourth-order valence-corrected chi connectivity index (χ4v) is 3.25. The lowest BCUT2D eigenvalue weighted by molar-refractivity contribution is 0.0556. The third-order valence-corrected chi connectivity index (χ3v) is 4.73. The lowest BCUT2D eigenvalue weighted by atomic mass is 10.1. The topological polar surface area (TPSA) is 66.8 Å². The Bertz CT molecular complexity index is 719. The van der Waals surface area contributed by atoms with E-state index in [0.29, 0.717) is 12.2 Å². The van der Waals surface area contributed by atoms with Crippen molar-refractivity contribution in [1.82, 2.24) is 0 Å². The standard InChI is InChI=1S/C15H14BrF2O4P/c16-14-8-12(10-22-9-11-4-2-1-3-5-11)6-7-13(14)15(17,18)23(19,20)21/h1-8H,9-10H2,(H2,19,20,21). The molecule has 0 amide bonds. The number of ether oxygens (including phenoxy) is 1. The van der Waals surface area contributed by atoms with E-state index in [1.807, 2.05) is 30.3 Å². The molecule has 0 saturated heterocycles. The summed E-state index contributed by atoms with van der Waals surface area (Å²) in [6.07, 6.45) is 0. The maximum Gasteiger partial charge on any atom is 0.399 e. The molecule has 0 atom stereocenters. The van der Waals surface area contributed by atoms with Gasteiger partial charge in [-0.2, -0.15) is 8.78 Å². The third kappa shape index (κ3) is 4.46. The van der Waals surface area contributed by atoms with Gasteiger partial charge in [0.05, 0.1) is 13.2 Å². The molecular formula is C15H14BrF2O4P. The predicted molar refractivity (Wildman–Crippen MR) is 85.0 cm³/mol. The van der Waals surface area contributed by atoms with E-state index in [0.717, 1.165) is 11.6 Å². The van der Waals surface area contributed by atoms with Crippen LogP contribution in [0.5, 0.6) is 0 Å². The molecule has 2 aromatic carbocycles. The molecule has 124 valence electrons. The molecule has 0 unspecified atom stereocenters. The molecule has 23 heavy (non-hydrogen) atoms. The van der Waals surface area contributed by atoms with Crippen LogP contribution in [0.3, 0.4) is 0 Å².